The maximum Gasteiger partial charge on any atom is 0.188 e. The van der Waals surface area contributed by atoms with Crippen LogP contribution in [0.1, 0.15) is 11.4 Å². The van der Waals surface area contributed by atoms with Crippen molar-refractivity contribution in [1.82, 2.24) is 20.1 Å². The summed E-state index contributed by atoms with van der Waals surface area (Å²) in [5, 5.41) is 7.12. The average molecular weight is 390 g/mol. The van der Waals surface area contributed by atoms with Crippen LogP contribution in [0.2, 0.25) is 0 Å². The first-order valence-corrected chi connectivity index (χ1v) is 5.76. The van der Waals surface area contributed by atoms with Crippen molar-refractivity contribution in [3.05, 3.63) is 47.8 Å². The molecule has 1 aromatic heterocycles. The van der Waals surface area contributed by atoms with Crippen LogP contribution in [0.25, 0.3) is 0 Å². The van der Waals surface area contributed by atoms with Gasteiger partial charge in [-0.25, -0.2) is 14.1 Å². The number of hydrogen-bond acceptors (Lipinski definition) is 3. The first kappa shape index (κ1) is 16.3. The molecule has 1 aromatic carbocycles. The van der Waals surface area contributed by atoms with Crippen molar-refractivity contribution in [2.24, 2.45) is 10.7 Å². The fraction of sp³-hybridized carbons (Fsp3) is 0.250. The summed E-state index contributed by atoms with van der Waals surface area (Å²) in [4.78, 5) is 7.89. The summed E-state index contributed by atoms with van der Waals surface area (Å²) in [6, 6.07) is 6.39. The van der Waals surface area contributed by atoms with E-state index in [9.17, 15) is 4.39 Å². The van der Waals surface area contributed by atoms with Crippen molar-refractivity contribution < 1.29 is 4.39 Å². The van der Waals surface area contributed by atoms with Gasteiger partial charge in [-0.15, -0.1) is 24.0 Å². The van der Waals surface area contributed by atoms with E-state index >= 15 is 0 Å². The maximum atomic E-state index is 13.0. The molecule has 0 radical (unpaired) electrons. The third-order valence-corrected chi connectivity index (χ3v) is 2.49. The van der Waals surface area contributed by atoms with E-state index in [-0.39, 0.29) is 29.8 Å². The van der Waals surface area contributed by atoms with Crippen molar-refractivity contribution in [3.63, 3.8) is 0 Å². The summed E-state index contributed by atoms with van der Waals surface area (Å²) in [6.45, 7) is 0.876. The summed E-state index contributed by atoms with van der Waals surface area (Å²) in [5.41, 5.74) is 6.34. The Bertz CT molecular complexity index is 583. The highest BCUT2D eigenvalue weighted by Crippen LogP contribution is 2.05. The predicted octanol–water partition coefficient (Wildman–Crippen LogP) is 1.12. The second-order valence-corrected chi connectivity index (χ2v) is 3.95. The molecule has 0 saturated heterocycles. The number of hydrogen-bond donors (Lipinski definition) is 2. The molecular formula is C12H16FIN6. The Balaban J connectivity index is 0.00000200. The molecule has 0 unspecified atom stereocenters. The molecule has 0 aliphatic heterocycles. The van der Waals surface area contributed by atoms with Crippen LogP contribution >= 0.6 is 24.0 Å². The molecule has 0 atom stereocenters. The highest BCUT2D eigenvalue weighted by Gasteiger charge is 2.02. The number of nitrogens with two attached hydrogens (primary N) is 1. The van der Waals surface area contributed by atoms with Crippen LogP contribution in [0.4, 0.5) is 4.39 Å². The molecule has 0 aliphatic rings. The number of halogens is 2. The fourth-order valence-corrected chi connectivity index (χ4v) is 1.56. The quantitative estimate of drug-likeness (QED) is 0.466. The maximum absolute atomic E-state index is 13.0. The molecule has 8 heteroatoms. The molecule has 2 rings (SSSR count). The number of nitrogens with one attached hydrogen (secondary N) is 1. The molecule has 0 spiro atoms. The zero-order chi connectivity index (χ0) is 13.7. The molecule has 0 aliphatic carbocycles. The van der Waals surface area contributed by atoms with Gasteiger partial charge in [0.25, 0.3) is 0 Å². The molecular weight excluding hydrogens is 374 g/mol. The SMILES string of the molecule is CN=C(N)NCc1ncn(Cc2cccc(F)c2)n1.I. The van der Waals surface area contributed by atoms with E-state index in [4.69, 9.17) is 5.73 Å². The average Bonchev–Trinajstić information content (AvgIpc) is 2.83. The lowest BCUT2D eigenvalue weighted by atomic mass is 10.2. The van der Waals surface area contributed by atoms with Gasteiger partial charge in [-0.3, -0.25) is 4.99 Å². The summed E-state index contributed by atoms with van der Waals surface area (Å²) in [7, 11) is 1.60. The third-order valence-electron chi connectivity index (χ3n) is 2.49. The van der Waals surface area contributed by atoms with Crippen LogP contribution in [0.5, 0.6) is 0 Å². The van der Waals surface area contributed by atoms with Crippen molar-refractivity contribution in [1.29, 1.82) is 0 Å². The van der Waals surface area contributed by atoms with Gasteiger partial charge in [-0.2, -0.15) is 5.10 Å². The first-order valence-electron chi connectivity index (χ1n) is 5.76. The third kappa shape index (κ3) is 4.76. The van der Waals surface area contributed by atoms with Gasteiger partial charge in [0.2, 0.25) is 0 Å². The molecule has 0 amide bonds. The molecule has 2 aromatic rings. The smallest absolute Gasteiger partial charge is 0.188 e. The van der Waals surface area contributed by atoms with Crippen LogP contribution < -0.4 is 11.1 Å². The Morgan fingerprint density at radius 3 is 3.00 bits per heavy atom. The van der Waals surface area contributed by atoms with Crippen LogP contribution in [-0.4, -0.2) is 27.8 Å². The Hall–Kier alpha value is -1.71. The number of aromatic nitrogens is 3. The van der Waals surface area contributed by atoms with Gasteiger partial charge in [0.1, 0.15) is 12.1 Å². The standard InChI is InChI=1S/C12H15FN6.HI/c1-15-12(14)16-6-11-17-8-19(18-11)7-9-3-2-4-10(13)5-9;/h2-5,8H,6-7H2,1H3,(H3,14,15,16);1H. The molecule has 6 nitrogen and oxygen atoms in total. The highest BCUT2D eigenvalue weighted by molar-refractivity contribution is 14.0. The predicted molar refractivity (Wildman–Crippen MR) is 85.3 cm³/mol. The minimum atomic E-state index is -0.258. The molecule has 3 N–H and O–H groups in total. The monoisotopic (exact) mass is 390 g/mol. The van der Waals surface area contributed by atoms with Crippen LogP contribution in [0.3, 0.4) is 0 Å². The van der Waals surface area contributed by atoms with Crippen molar-refractivity contribution in [2.75, 3.05) is 7.05 Å². The Labute approximate surface area is 133 Å². The van der Waals surface area contributed by atoms with Crippen LogP contribution in [0.15, 0.2) is 35.6 Å². The van der Waals surface area contributed by atoms with E-state index in [0.717, 1.165) is 5.56 Å². The van der Waals surface area contributed by atoms with Gasteiger partial charge >= 0.3 is 0 Å². The van der Waals surface area contributed by atoms with Gasteiger partial charge in [0.15, 0.2) is 11.8 Å². The van der Waals surface area contributed by atoms with Gasteiger partial charge < -0.3 is 11.1 Å². The van der Waals surface area contributed by atoms with Crippen molar-refractivity contribution in [2.45, 2.75) is 13.1 Å². The zero-order valence-electron chi connectivity index (χ0n) is 11.0. The van der Waals surface area contributed by atoms with Gasteiger partial charge in [0, 0.05) is 7.05 Å². The van der Waals surface area contributed by atoms with E-state index in [1.807, 2.05) is 6.07 Å². The summed E-state index contributed by atoms with van der Waals surface area (Å²) in [6.07, 6.45) is 1.60. The van der Waals surface area contributed by atoms with Gasteiger partial charge in [0.05, 0.1) is 13.1 Å². The molecule has 0 saturated carbocycles. The van der Waals surface area contributed by atoms with Gasteiger partial charge in [-0.05, 0) is 17.7 Å². The normalized spacial score (nSPS) is 11.0. The number of benzene rings is 1. The van der Waals surface area contributed by atoms with E-state index in [1.54, 1.807) is 24.1 Å². The van der Waals surface area contributed by atoms with Crippen LogP contribution in [0, 0.1) is 5.82 Å². The van der Waals surface area contributed by atoms with Crippen molar-refractivity contribution in [3.8, 4) is 0 Å². The number of guanidine groups is 1. The molecule has 1 heterocycles. The second kappa shape index (κ2) is 7.78. The minimum Gasteiger partial charge on any atom is -0.370 e. The summed E-state index contributed by atoms with van der Waals surface area (Å²) in [5.74, 6) is 0.677. The van der Waals surface area contributed by atoms with Crippen molar-refractivity contribution >= 4 is 29.9 Å². The Morgan fingerprint density at radius 1 is 1.50 bits per heavy atom. The summed E-state index contributed by atoms with van der Waals surface area (Å²) < 4.78 is 14.7. The lowest BCUT2D eigenvalue weighted by molar-refractivity contribution is 0.617. The second-order valence-electron chi connectivity index (χ2n) is 3.95. The Morgan fingerprint density at radius 2 is 2.30 bits per heavy atom. The van der Waals surface area contributed by atoms with Gasteiger partial charge in [-0.1, -0.05) is 12.1 Å². The Kier molecular flexibility index (Phi) is 6.36. The molecule has 0 fully saturated rings. The topological polar surface area (TPSA) is 81.1 Å². The molecule has 108 valence electrons. The lowest BCUT2D eigenvalue weighted by Crippen LogP contribution is -2.31. The zero-order valence-corrected chi connectivity index (χ0v) is 13.3. The van der Waals surface area contributed by atoms with E-state index in [2.05, 4.69) is 20.4 Å². The van der Waals surface area contributed by atoms with E-state index < -0.39 is 0 Å². The number of nitrogens with zero attached hydrogens (tertiary/aromatic N) is 4. The summed E-state index contributed by atoms with van der Waals surface area (Å²) >= 11 is 0. The van der Waals surface area contributed by atoms with Crippen LogP contribution in [-0.2, 0) is 13.1 Å². The molecule has 0 bridgehead atoms. The number of aliphatic imine (C=N–C) groups is 1. The van der Waals surface area contributed by atoms with E-state index in [0.29, 0.717) is 24.9 Å². The first-order chi connectivity index (χ1) is 9.17. The number of rotatable bonds is 4. The minimum absolute atomic E-state index is 0. The van der Waals surface area contributed by atoms with E-state index in [1.165, 1.54) is 12.1 Å². The molecule has 20 heavy (non-hydrogen) atoms. The fourth-order valence-electron chi connectivity index (χ4n) is 1.56. The largest absolute Gasteiger partial charge is 0.370 e. The lowest BCUT2D eigenvalue weighted by Gasteiger charge is -2.02. The highest BCUT2D eigenvalue weighted by atomic mass is 127.